The van der Waals surface area contributed by atoms with Gasteiger partial charge >= 0.3 is 12.0 Å². The molecule has 3 aromatic carbocycles. The number of methoxy groups -OCH3 is 1. The first-order chi connectivity index (χ1) is 27.6. The minimum Gasteiger partial charge on any atom is -0.480 e. The summed E-state index contributed by atoms with van der Waals surface area (Å²) in [5.74, 6) is -1.01. The SMILES string of the molecule is CCCCCOC(=O)COc1cc(N2C(=O)C3=C(CCCC3)C2=O)c(F)cc1Cl.CON(C)C(=O)Nc1ccc(Oc2ccc3c(c2)OC(C)(OC)CC3(C)C)cc1. The lowest BCUT2D eigenvalue weighted by Crippen LogP contribution is -2.45. The number of ether oxygens (including phenoxy) is 5. The quantitative estimate of drug-likeness (QED) is 0.0767. The van der Waals surface area contributed by atoms with Crippen molar-refractivity contribution in [3.05, 3.63) is 82.1 Å². The van der Waals surface area contributed by atoms with Crippen LogP contribution in [0.5, 0.6) is 23.0 Å². The number of hydroxylamine groups is 2. The number of nitrogens with one attached hydrogen (secondary N) is 1. The summed E-state index contributed by atoms with van der Waals surface area (Å²) in [7, 11) is 4.61. The molecule has 6 rings (SSSR count). The van der Waals surface area contributed by atoms with Crippen LogP contribution in [-0.2, 0) is 34.1 Å². The highest BCUT2D eigenvalue weighted by atomic mass is 35.5. The van der Waals surface area contributed by atoms with Crippen LogP contribution in [-0.4, -0.2) is 69.1 Å². The van der Waals surface area contributed by atoms with E-state index in [1.807, 2.05) is 32.0 Å². The van der Waals surface area contributed by atoms with Gasteiger partial charge < -0.3 is 29.0 Å². The molecule has 4 amide bonds. The van der Waals surface area contributed by atoms with E-state index in [1.165, 1.54) is 20.2 Å². The van der Waals surface area contributed by atoms with Gasteiger partial charge in [-0.3, -0.25) is 14.4 Å². The van der Waals surface area contributed by atoms with Crippen LogP contribution in [0.25, 0.3) is 0 Å². The number of esters is 1. The number of carbonyl (C=O) groups is 4. The van der Waals surface area contributed by atoms with Gasteiger partial charge in [0.1, 0.15) is 28.8 Å². The largest absolute Gasteiger partial charge is 0.480 e. The maximum Gasteiger partial charge on any atom is 0.345 e. The zero-order chi connectivity index (χ0) is 42.2. The van der Waals surface area contributed by atoms with Gasteiger partial charge in [-0.1, -0.05) is 51.3 Å². The lowest BCUT2D eigenvalue weighted by Gasteiger charge is -2.43. The molecule has 2 heterocycles. The van der Waals surface area contributed by atoms with Crippen LogP contribution in [0.4, 0.5) is 20.6 Å². The number of rotatable bonds is 13. The van der Waals surface area contributed by atoms with E-state index in [0.717, 1.165) is 65.9 Å². The summed E-state index contributed by atoms with van der Waals surface area (Å²) in [6.45, 7) is 8.24. The molecule has 0 aromatic heterocycles. The number of fused-ring (bicyclic) bond motifs is 1. The number of anilines is 2. The summed E-state index contributed by atoms with van der Waals surface area (Å²) in [5.41, 5.74) is 2.36. The molecule has 1 N–H and O–H groups in total. The van der Waals surface area contributed by atoms with Crippen LogP contribution in [0.15, 0.2) is 65.7 Å². The number of hydrogen-bond donors (Lipinski definition) is 1. The molecule has 58 heavy (non-hydrogen) atoms. The molecular formula is C43H51ClFN3O10. The van der Waals surface area contributed by atoms with E-state index in [1.54, 1.807) is 31.4 Å². The Bertz CT molecular complexity index is 2010. The van der Waals surface area contributed by atoms with Gasteiger partial charge in [0.15, 0.2) is 6.61 Å². The van der Waals surface area contributed by atoms with Crippen molar-refractivity contribution in [3.63, 3.8) is 0 Å². The Hall–Kier alpha value is -5.18. The number of amides is 4. The van der Waals surface area contributed by atoms with Gasteiger partial charge in [-0.25, -0.2) is 23.9 Å². The normalized spacial score (nSPS) is 18.0. The molecule has 0 saturated carbocycles. The Morgan fingerprint density at radius 1 is 0.948 bits per heavy atom. The van der Waals surface area contributed by atoms with Crippen molar-refractivity contribution >= 4 is 46.8 Å². The molecule has 0 bridgehead atoms. The number of hydrogen-bond acceptors (Lipinski definition) is 10. The smallest absolute Gasteiger partial charge is 0.345 e. The average molecular weight is 824 g/mol. The fraction of sp³-hybridized carbons (Fsp3) is 0.442. The fourth-order valence-corrected chi connectivity index (χ4v) is 7.20. The Labute approximate surface area is 343 Å². The van der Waals surface area contributed by atoms with E-state index in [4.69, 9.17) is 40.1 Å². The first-order valence-electron chi connectivity index (χ1n) is 19.2. The molecule has 3 aliphatic rings. The van der Waals surface area contributed by atoms with E-state index >= 15 is 0 Å². The predicted molar refractivity (Wildman–Crippen MR) is 216 cm³/mol. The fourth-order valence-electron chi connectivity index (χ4n) is 6.99. The molecule has 2 aliphatic heterocycles. The van der Waals surface area contributed by atoms with Crippen molar-refractivity contribution in [1.82, 2.24) is 5.06 Å². The molecule has 13 nitrogen and oxygen atoms in total. The third kappa shape index (κ3) is 10.5. The van der Waals surface area contributed by atoms with Crippen LogP contribution in [0.3, 0.4) is 0 Å². The second-order valence-corrected chi connectivity index (χ2v) is 15.4. The third-order valence-corrected chi connectivity index (χ3v) is 10.4. The third-order valence-electron chi connectivity index (χ3n) is 10.1. The van der Waals surface area contributed by atoms with Gasteiger partial charge in [0.2, 0.25) is 5.79 Å². The number of halogens is 2. The molecule has 0 fully saturated rings. The Morgan fingerprint density at radius 2 is 1.60 bits per heavy atom. The highest BCUT2D eigenvalue weighted by Gasteiger charge is 2.43. The van der Waals surface area contributed by atoms with Gasteiger partial charge in [0.05, 0.1) is 24.4 Å². The lowest BCUT2D eigenvalue weighted by atomic mass is 9.76. The predicted octanol–water partition coefficient (Wildman–Crippen LogP) is 9.26. The zero-order valence-corrected chi connectivity index (χ0v) is 34.8. The molecule has 1 atom stereocenters. The van der Waals surface area contributed by atoms with Crippen LogP contribution in [0.1, 0.15) is 84.6 Å². The van der Waals surface area contributed by atoms with Crippen LogP contribution in [0.2, 0.25) is 5.02 Å². The molecule has 0 saturated heterocycles. The summed E-state index contributed by atoms with van der Waals surface area (Å²) >= 11 is 6.02. The van der Waals surface area contributed by atoms with E-state index in [9.17, 15) is 23.6 Å². The average Bonchev–Trinajstić information content (AvgIpc) is 3.44. The van der Waals surface area contributed by atoms with Crippen LogP contribution in [0, 0.1) is 5.82 Å². The second-order valence-electron chi connectivity index (χ2n) is 15.0. The number of urea groups is 1. The number of nitrogens with zero attached hydrogens (tertiary/aromatic N) is 2. The number of unbranched alkanes of at least 4 members (excludes halogenated alkanes) is 2. The van der Waals surface area contributed by atoms with Crippen molar-refractivity contribution < 1.29 is 52.1 Å². The van der Waals surface area contributed by atoms with Crippen LogP contribution >= 0.6 is 11.6 Å². The van der Waals surface area contributed by atoms with Crippen molar-refractivity contribution in [2.75, 3.05) is 44.7 Å². The van der Waals surface area contributed by atoms with Crippen molar-refractivity contribution in [3.8, 4) is 23.0 Å². The standard InChI is InChI=1S/C22H28N2O5.C21H23ClFNO5/c1-21(2)14-22(3,26-5)29-19-13-17(11-12-18(19)21)28-16-9-7-15(8-10-16)23-20(25)24(4)27-6;1-2-3-6-9-28-19(25)12-29-18-11-17(16(23)10-15(18)22)24-20(26)13-7-4-5-8-14(13)21(24)27/h7-13H,14H2,1-6H3,(H,23,25);10-11H,2-9,12H2,1H3. The summed E-state index contributed by atoms with van der Waals surface area (Å²) in [5, 5.41) is 3.76. The van der Waals surface area contributed by atoms with Crippen molar-refractivity contribution in [2.24, 2.45) is 0 Å². The first-order valence-corrected chi connectivity index (χ1v) is 19.6. The van der Waals surface area contributed by atoms with Gasteiger partial charge in [0.25, 0.3) is 11.8 Å². The molecule has 0 radical (unpaired) electrons. The number of benzene rings is 3. The molecule has 1 aliphatic carbocycles. The molecule has 1 unspecified atom stereocenters. The minimum atomic E-state index is -0.814. The lowest BCUT2D eigenvalue weighted by molar-refractivity contribution is -0.172. The van der Waals surface area contributed by atoms with E-state index in [0.29, 0.717) is 47.8 Å². The maximum atomic E-state index is 14.5. The van der Waals surface area contributed by atoms with E-state index in [2.05, 4.69) is 19.2 Å². The second kappa shape index (κ2) is 19.0. The van der Waals surface area contributed by atoms with Gasteiger partial charge in [-0.05, 0) is 73.9 Å². The van der Waals surface area contributed by atoms with E-state index in [-0.39, 0.29) is 27.9 Å². The monoisotopic (exact) mass is 823 g/mol. The molecule has 3 aromatic rings. The summed E-state index contributed by atoms with van der Waals surface area (Å²) in [6, 6.07) is 14.7. The maximum absolute atomic E-state index is 14.5. The van der Waals surface area contributed by atoms with Crippen LogP contribution < -0.4 is 24.4 Å². The topological polar surface area (TPSA) is 142 Å². The Kier molecular flexibility index (Phi) is 14.4. The zero-order valence-electron chi connectivity index (χ0n) is 34.0. The van der Waals surface area contributed by atoms with Gasteiger partial charge in [-0.15, -0.1) is 0 Å². The molecule has 0 spiro atoms. The van der Waals surface area contributed by atoms with Crippen molar-refractivity contribution in [1.29, 1.82) is 0 Å². The molecular weight excluding hydrogens is 773 g/mol. The van der Waals surface area contributed by atoms with Gasteiger partial charge in [-0.2, -0.15) is 0 Å². The number of imide groups is 1. The highest BCUT2D eigenvalue weighted by Crippen LogP contribution is 2.46. The van der Waals surface area contributed by atoms with E-state index < -0.39 is 36.0 Å². The Balaban J connectivity index is 0.000000221. The van der Waals surface area contributed by atoms with Crippen molar-refractivity contribution in [2.45, 2.75) is 90.3 Å². The summed E-state index contributed by atoms with van der Waals surface area (Å²) in [4.78, 5) is 54.6. The molecule has 312 valence electrons. The summed E-state index contributed by atoms with van der Waals surface area (Å²) < 4.78 is 42.6. The van der Waals surface area contributed by atoms with Gasteiger partial charge in [0, 0.05) is 62.0 Å². The Morgan fingerprint density at radius 3 is 2.22 bits per heavy atom. The highest BCUT2D eigenvalue weighted by molar-refractivity contribution is 6.34. The number of carbonyl (C=O) groups excluding carboxylic acids is 4. The molecule has 15 heteroatoms. The summed E-state index contributed by atoms with van der Waals surface area (Å²) in [6.07, 6.45) is 6.16. The minimum absolute atomic E-state index is 0.000883. The first kappa shape index (κ1) is 43.9.